The SMILES string of the molecule is CC[Si](I)(CC)C([Si](C)(C)C)([Si](C)(C)C)[Si](C)(C)c1ccccc1. The molecule has 0 aliphatic carbocycles. The van der Waals surface area contributed by atoms with Crippen LogP contribution in [0.5, 0.6) is 0 Å². The van der Waals surface area contributed by atoms with Crippen molar-refractivity contribution in [3.63, 3.8) is 0 Å². The van der Waals surface area contributed by atoms with E-state index in [2.05, 4.69) is 118 Å². The van der Waals surface area contributed by atoms with E-state index in [9.17, 15) is 0 Å². The van der Waals surface area contributed by atoms with Gasteiger partial charge in [0, 0.05) is 16.1 Å². The van der Waals surface area contributed by atoms with Crippen LogP contribution in [0.4, 0.5) is 0 Å². The number of benzene rings is 1. The van der Waals surface area contributed by atoms with Gasteiger partial charge in [0.15, 0.2) is 0 Å². The highest BCUT2D eigenvalue weighted by molar-refractivity contribution is 14.1. The average Bonchev–Trinajstić information content (AvgIpc) is 2.45. The Labute approximate surface area is 168 Å². The summed E-state index contributed by atoms with van der Waals surface area (Å²) in [5, 5.41) is 1.70. The topological polar surface area (TPSA) is 0 Å². The van der Waals surface area contributed by atoms with Gasteiger partial charge in [-0.05, 0) is 3.91 Å². The first-order valence-corrected chi connectivity index (χ1v) is 25.0. The van der Waals surface area contributed by atoms with Crippen molar-refractivity contribution in [2.75, 3.05) is 0 Å². The molecule has 0 radical (unpaired) electrons. The molecule has 138 valence electrons. The molecule has 0 aliphatic heterocycles. The Bertz CT molecular complexity index is 523. The molecule has 0 N–H and O–H groups in total. The predicted octanol–water partition coefficient (Wildman–Crippen LogP) is 7.06. The van der Waals surface area contributed by atoms with Gasteiger partial charge in [-0.25, -0.2) is 0 Å². The molecule has 1 rings (SSSR count). The smallest absolute Gasteiger partial charge is 0.119 e. The van der Waals surface area contributed by atoms with Crippen molar-refractivity contribution in [3.05, 3.63) is 30.3 Å². The van der Waals surface area contributed by atoms with Crippen LogP contribution in [0.25, 0.3) is 0 Å². The lowest BCUT2D eigenvalue weighted by atomic mass is 10.4. The van der Waals surface area contributed by atoms with Crippen LogP contribution in [-0.2, 0) is 0 Å². The second-order valence-corrected chi connectivity index (χ2v) is 38.3. The van der Waals surface area contributed by atoms with E-state index in [0.717, 1.165) is 0 Å². The van der Waals surface area contributed by atoms with Crippen LogP contribution < -0.4 is 5.19 Å². The second-order valence-electron chi connectivity index (χ2n) is 9.91. The van der Waals surface area contributed by atoms with Gasteiger partial charge in [0.1, 0.15) is 5.57 Å². The number of rotatable bonds is 7. The van der Waals surface area contributed by atoms with Crippen molar-refractivity contribution in [1.82, 2.24) is 0 Å². The van der Waals surface area contributed by atoms with E-state index in [1.807, 2.05) is 0 Å². The van der Waals surface area contributed by atoms with E-state index < -0.39 is 29.8 Å². The zero-order valence-electron chi connectivity index (χ0n) is 17.7. The maximum atomic E-state index is 3.06. The molecule has 0 saturated carbocycles. The van der Waals surface area contributed by atoms with Crippen LogP contribution in [0, 0.1) is 0 Å². The Balaban J connectivity index is 3.98. The van der Waals surface area contributed by atoms with Gasteiger partial charge in [0.25, 0.3) is 0 Å². The third-order valence-corrected chi connectivity index (χ3v) is 53.2. The largest absolute Gasteiger partial charge is 0.123 e. The summed E-state index contributed by atoms with van der Waals surface area (Å²) in [7, 11) is -4.41. The van der Waals surface area contributed by atoms with Gasteiger partial charge in [-0.15, -0.1) is 21.8 Å². The average molecular weight is 507 g/mol. The van der Waals surface area contributed by atoms with E-state index in [1.54, 1.807) is 5.19 Å². The normalized spacial score (nSPS) is 14.8. The van der Waals surface area contributed by atoms with Crippen LogP contribution in [-0.4, -0.2) is 29.8 Å². The first-order chi connectivity index (χ1) is 10.7. The van der Waals surface area contributed by atoms with Gasteiger partial charge < -0.3 is 0 Å². The summed E-state index contributed by atoms with van der Waals surface area (Å²) in [6.45, 7) is 26.7. The zero-order valence-corrected chi connectivity index (χ0v) is 23.8. The van der Waals surface area contributed by atoms with Gasteiger partial charge in [0.2, 0.25) is 0 Å². The number of hydrogen-bond acceptors (Lipinski definition) is 0. The van der Waals surface area contributed by atoms with E-state index in [0.29, 0.717) is 3.91 Å². The van der Waals surface area contributed by atoms with E-state index >= 15 is 0 Å². The van der Waals surface area contributed by atoms with Crippen LogP contribution in [0.15, 0.2) is 30.3 Å². The minimum Gasteiger partial charge on any atom is -0.119 e. The highest BCUT2D eigenvalue weighted by Crippen LogP contribution is 2.63. The molecule has 5 heteroatoms. The van der Waals surface area contributed by atoms with Crippen molar-refractivity contribution in [2.24, 2.45) is 0 Å². The van der Waals surface area contributed by atoms with E-state index in [1.165, 1.54) is 12.1 Å². The van der Waals surface area contributed by atoms with Gasteiger partial charge in [0.05, 0.1) is 8.07 Å². The molecule has 0 aromatic heterocycles. The maximum absolute atomic E-state index is 3.06. The summed E-state index contributed by atoms with van der Waals surface area (Å²) in [5.41, 5.74) is -1.41. The van der Waals surface area contributed by atoms with Gasteiger partial charge in [-0.3, -0.25) is 0 Å². The lowest BCUT2D eigenvalue weighted by Crippen LogP contribution is -2.79. The third-order valence-electron chi connectivity index (χ3n) is 6.48. The predicted molar refractivity (Wildman–Crippen MR) is 134 cm³/mol. The number of hydrogen-bond donors (Lipinski definition) is 0. The second kappa shape index (κ2) is 7.44. The molecule has 1 aromatic carbocycles. The van der Waals surface area contributed by atoms with Gasteiger partial charge >= 0.3 is 0 Å². The number of halogens is 1. The molecule has 0 fully saturated rings. The summed E-state index contributed by atoms with van der Waals surface area (Å²) in [5.74, 6) is 0. The first kappa shape index (κ1) is 22.9. The fraction of sp³-hybridized carbons (Fsp3) is 0.684. The van der Waals surface area contributed by atoms with Crippen LogP contribution in [0.3, 0.4) is 0 Å². The first-order valence-electron chi connectivity index (χ1n) is 9.47. The molecular formula is C19H39ISi4. The lowest BCUT2D eigenvalue weighted by molar-refractivity contribution is 1.14. The minimum absolute atomic E-state index is 0.672. The molecule has 0 unspecified atom stereocenters. The minimum atomic E-state index is -1.63. The molecule has 0 atom stereocenters. The Morgan fingerprint density at radius 2 is 1.12 bits per heavy atom. The van der Waals surface area contributed by atoms with Crippen LogP contribution in [0.1, 0.15) is 13.8 Å². The molecule has 24 heavy (non-hydrogen) atoms. The molecule has 0 bridgehead atoms. The van der Waals surface area contributed by atoms with Gasteiger partial charge in [-0.2, -0.15) is 0 Å². The van der Waals surface area contributed by atoms with E-state index in [-0.39, 0.29) is 0 Å². The standard InChI is InChI=1S/C19H39ISi4/c1-11-24(20,12-2)19(21(3,4)5,22(6,7)8)23(9,10)18-16-14-13-15-17-18/h13-17H,11-12H2,1-10H3. The Morgan fingerprint density at radius 1 is 0.750 bits per heavy atom. The molecule has 0 aliphatic rings. The monoisotopic (exact) mass is 506 g/mol. The molecule has 1 aromatic rings. The highest BCUT2D eigenvalue weighted by atomic mass is 127. The van der Waals surface area contributed by atoms with Crippen molar-refractivity contribution in [1.29, 1.82) is 0 Å². The summed E-state index contributed by atoms with van der Waals surface area (Å²) < 4.78 is 0.672. The zero-order chi connectivity index (χ0) is 19.0. The Hall–Kier alpha value is 0.818. The lowest BCUT2D eigenvalue weighted by Gasteiger charge is -2.66. The molecular weight excluding hydrogens is 467 g/mol. The maximum Gasteiger partial charge on any atom is 0.123 e. The van der Waals surface area contributed by atoms with Crippen molar-refractivity contribution in [3.8, 4) is 0 Å². The van der Waals surface area contributed by atoms with Crippen molar-refractivity contribution in [2.45, 2.75) is 82.2 Å². The fourth-order valence-corrected chi connectivity index (χ4v) is 74.1. The summed E-state index contributed by atoms with van der Waals surface area (Å²) >= 11 is 3.06. The molecule has 0 spiro atoms. The Morgan fingerprint density at radius 3 is 1.42 bits per heavy atom. The van der Waals surface area contributed by atoms with E-state index in [4.69, 9.17) is 0 Å². The van der Waals surface area contributed by atoms with Crippen molar-refractivity contribution < 1.29 is 0 Å². The summed E-state index contributed by atoms with van der Waals surface area (Å²) in [6, 6.07) is 14.5. The highest BCUT2D eigenvalue weighted by Gasteiger charge is 2.70. The summed E-state index contributed by atoms with van der Waals surface area (Å²) in [6.07, 6.45) is 0. The molecule has 0 nitrogen and oxygen atoms in total. The third kappa shape index (κ3) is 3.36. The summed E-state index contributed by atoms with van der Waals surface area (Å²) in [4.78, 5) is 0. The van der Waals surface area contributed by atoms with Crippen LogP contribution >= 0.6 is 21.8 Å². The van der Waals surface area contributed by atoms with Gasteiger partial charge in [-0.1, -0.05) is 114 Å². The molecule has 0 heterocycles. The van der Waals surface area contributed by atoms with Crippen LogP contribution in [0.2, 0.25) is 68.4 Å². The van der Waals surface area contributed by atoms with Crippen molar-refractivity contribution >= 4 is 56.8 Å². The quantitative estimate of drug-likeness (QED) is 0.211. The molecule has 0 saturated heterocycles. The Kier molecular flexibility index (Phi) is 7.09. The molecule has 0 amide bonds. The fourth-order valence-electron chi connectivity index (χ4n) is 6.76.